The summed E-state index contributed by atoms with van der Waals surface area (Å²) in [5.74, 6) is 0. The van der Waals surface area contributed by atoms with Crippen molar-refractivity contribution >= 4 is 46.1 Å². The van der Waals surface area contributed by atoms with Crippen molar-refractivity contribution in [2.75, 3.05) is 0 Å². The molecular formula is C40H28N2. The average Bonchev–Trinajstić information content (AvgIpc) is 3.06. The third-order valence-electron chi connectivity index (χ3n) is 7.43. The van der Waals surface area contributed by atoms with Crippen LogP contribution in [0.1, 0.15) is 22.3 Å². The molecule has 0 atom stereocenters. The summed E-state index contributed by atoms with van der Waals surface area (Å²) in [6, 6.07) is 50.5. The van der Waals surface area contributed by atoms with E-state index < -0.39 is 0 Å². The number of para-hydroxylation sites is 2. The highest BCUT2D eigenvalue weighted by molar-refractivity contribution is 5.83. The SMILES string of the molecule is C(=C\c1cccc(-c2ccc3ccccc3n2)c1)/c1ccc(/C=C/c2cccc(-c3ccc4ccccc4n3)c2)cc1. The third-order valence-corrected chi connectivity index (χ3v) is 7.43. The molecule has 7 aromatic rings. The zero-order chi connectivity index (χ0) is 28.1. The Hall–Kier alpha value is -5.60. The molecule has 2 heterocycles. The summed E-state index contributed by atoms with van der Waals surface area (Å²) in [6.07, 6.45) is 8.62. The first-order valence-corrected chi connectivity index (χ1v) is 14.2. The largest absolute Gasteiger partial charge is 0.248 e. The summed E-state index contributed by atoms with van der Waals surface area (Å²) >= 11 is 0. The first kappa shape index (κ1) is 25.4. The van der Waals surface area contributed by atoms with Gasteiger partial charge in [0.05, 0.1) is 22.4 Å². The predicted molar refractivity (Wildman–Crippen MR) is 179 cm³/mol. The summed E-state index contributed by atoms with van der Waals surface area (Å²) in [6.45, 7) is 0. The van der Waals surface area contributed by atoms with Crippen molar-refractivity contribution in [3.05, 3.63) is 168 Å². The number of rotatable bonds is 6. The average molecular weight is 537 g/mol. The van der Waals surface area contributed by atoms with Gasteiger partial charge >= 0.3 is 0 Å². The molecule has 2 aromatic heterocycles. The van der Waals surface area contributed by atoms with Crippen LogP contribution in [0.4, 0.5) is 0 Å². The molecule has 0 N–H and O–H groups in total. The van der Waals surface area contributed by atoms with Crippen molar-refractivity contribution in [3.63, 3.8) is 0 Å². The highest BCUT2D eigenvalue weighted by Crippen LogP contribution is 2.24. The fourth-order valence-electron chi connectivity index (χ4n) is 5.16. The number of nitrogens with zero attached hydrogens (tertiary/aromatic N) is 2. The van der Waals surface area contributed by atoms with Gasteiger partial charge in [0.15, 0.2) is 0 Å². The van der Waals surface area contributed by atoms with Gasteiger partial charge in [0.1, 0.15) is 0 Å². The Bertz CT molecular complexity index is 1930. The molecule has 7 rings (SSSR count). The molecule has 0 spiro atoms. The lowest BCUT2D eigenvalue weighted by Crippen LogP contribution is -1.86. The minimum atomic E-state index is 0.985. The fraction of sp³-hybridized carbons (Fsp3) is 0. The van der Waals surface area contributed by atoms with Crippen LogP contribution in [-0.4, -0.2) is 9.97 Å². The Kier molecular flexibility index (Phi) is 6.94. The van der Waals surface area contributed by atoms with Crippen LogP contribution in [0.15, 0.2) is 146 Å². The molecule has 0 aliphatic carbocycles. The van der Waals surface area contributed by atoms with Crippen molar-refractivity contribution in [1.29, 1.82) is 0 Å². The number of pyridine rings is 2. The number of aromatic nitrogens is 2. The molecule has 0 unspecified atom stereocenters. The first-order valence-electron chi connectivity index (χ1n) is 14.2. The Morgan fingerprint density at radius 2 is 0.762 bits per heavy atom. The van der Waals surface area contributed by atoms with E-state index in [1.807, 2.05) is 24.3 Å². The number of benzene rings is 5. The maximum absolute atomic E-state index is 4.85. The quantitative estimate of drug-likeness (QED) is 0.198. The minimum Gasteiger partial charge on any atom is -0.248 e. The second-order valence-electron chi connectivity index (χ2n) is 10.4. The van der Waals surface area contributed by atoms with Gasteiger partial charge in [-0.1, -0.05) is 133 Å². The second-order valence-corrected chi connectivity index (χ2v) is 10.4. The van der Waals surface area contributed by atoms with Gasteiger partial charge < -0.3 is 0 Å². The van der Waals surface area contributed by atoms with E-state index in [4.69, 9.17) is 9.97 Å². The summed E-state index contributed by atoms with van der Waals surface area (Å²) < 4.78 is 0. The maximum Gasteiger partial charge on any atom is 0.0709 e. The predicted octanol–water partition coefficient (Wildman–Crippen LogP) is 10.5. The smallest absolute Gasteiger partial charge is 0.0709 e. The van der Waals surface area contributed by atoms with Crippen LogP contribution in [0.25, 0.3) is 68.6 Å². The molecule has 0 radical (unpaired) electrons. The fourth-order valence-corrected chi connectivity index (χ4v) is 5.16. The van der Waals surface area contributed by atoms with E-state index in [1.54, 1.807) is 0 Å². The van der Waals surface area contributed by atoms with Crippen molar-refractivity contribution < 1.29 is 0 Å². The van der Waals surface area contributed by atoms with Gasteiger partial charge in [0.25, 0.3) is 0 Å². The van der Waals surface area contributed by atoms with Crippen LogP contribution >= 0.6 is 0 Å². The zero-order valence-corrected chi connectivity index (χ0v) is 23.1. The third kappa shape index (κ3) is 5.65. The first-order chi connectivity index (χ1) is 20.8. The van der Waals surface area contributed by atoms with Gasteiger partial charge in [-0.2, -0.15) is 0 Å². The highest BCUT2D eigenvalue weighted by atomic mass is 14.7. The van der Waals surface area contributed by atoms with Crippen molar-refractivity contribution in [1.82, 2.24) is 9.97 Å². The topological polar surface area (TPSA) is 25.8 Å². The lowest BCUT2D eigenvalue weighted by molar-refractivity contribution is 1.40. The number of hydrogen-bond acceptors (Lipinski definition) is 2. The molecule has 42 heavy (non-hydrogen) atoms. The molecule has 5 aromatic carbocycles. The minimum absolute atomic E-state index is 0.985. The summed E-state index contributed by atoms with van der Waals surface area (Å²) in [5.41, 5.74) is 10.8. The van der Waals surface area contributed by atoms with E-state index in [0.717, 1.165) is 66.6 Å². The monoisotopic (exact) mass is 536 g/mol. The highest BCUT2D eigenvalue weighted by Gasteiger charge is 2.03. The van der Waals surface area contributed by atoms with Crippen LogP contribution in [0, 0.1) is 0 Å². The lowest BCUT2D eigenvalue weighted by atomic mass is 10.0. The summed E-state index contributed by atoms with van der Waals surface area (Å²) in [7, 11) is 0. The standard InChI is InChI=1S/C40H28N2/c1-3-13-37-33(9-1)23-25-39(41-37)35-11-5-7-31(27-35)21-19-29-15-17-30(18-16-29)20-22-32-8-6-12-36(28-32)40-26-24-34-10-2-4-14-38(34)42-40/h1-28H/b21-19+,22-20+. The summed E-state index contributed by atoms with van der Waals surface area (Å²) in [4.78, 5) is 9.70. The van der Waals surface area contributed by atoms with Gasteiger partial charge in [-0.3, -0.25) is 0 Å². The normalized spacial score (nSPS) is 11.6. The molecule has 0 fully saturated rings. The molecule has 0 saturated heterocycles. The van der Waals surface area contributed by atoms with E-state index >= 15 is 0 Å². The van der Waals surface area contributed by atoms with E-state index in [9.17, 15) is 0 Å². The van der Waals surface area contributed by atoms with Crippen molar-refractivity contribution in [2.45, 2.75) is 0 Å². The van der Waals surface area contributed by atoms with E-state index in [1.165, 1.54) is 0 Å². The summed E-state index contributed by atoms with van der Waals surface area (Å²) in [5, 5.41) is 2.31. The van der Waals surface area contributed by atoms with Crippen LogP contribution < -0.4 is 0 Å². The van der Waals surface area contributed by atoms with Gasteiger partial charge in [-0.15, -0.1) is 0 Å². The second kappa shape index (κ2) is 11.5. The lowest BCUT2D eigenvalue weighted by Gasteiger charge is -2.05. The number of hydrogen-bond donors (Lipinski definition) is 0. The Morgan fingerprint density at radius 1 is 0.333 bits per heavy atom. The Labute approximate surface area is 246 Å². The molecular weight excluding hydrogens is 508 g/mol. The number of fused-ring (bicyclic) bond motifs is 2. The maximum atomic E-state index is 4.85. The van der Waals surface area contributed by atoms with Crippen LogP contribution in [0.2, 0.25) is 0 Å². The van der Waals surface area contributed by atoms with Crippen LogP contribution in [0.5, 0.6) is 0 Å². The molecule has 2 heteroatoms. The molecule has 2 nitrogen and oxygen atoms in total. The van der Waals surface area contributed by atoms with Crippen molar-refractivity contribution in [2.24, 2.45) is 0 Å². The van der Waals surface area contributed by atoms with Gasteiger partial charge in [-0.05, 0) is 58.7 Å². The van der Waals surface area contributed by atoms with E-state index in [-0.39, 0.29) is 0 Å². The zero-order valence-electron chi connectivity index (χ0n) is 23.1. The Balaban J connectivity index is 1.04. The van der Waals surface area contributed by atoms with Gasteiger partial charge in [-0.25, -0.2) is 9.97 Å². The van der Waals surface area contributed by atoms with Gasteiger partial charge in [0.2, 0.25) is 0 Å². The van der Waals surface area contributed by atoms with E-state index in [0.29, 0.717) is 0 Å². The molecule has 0 amide bonds. The molecule has 0 aliphatic rings. The molecule has 0 aliphatic heterocycles. The van der Waals surface area contributed by atoms with Crippen molar-refractivity contribution in [3.8, 4) is 22.5 Å². The molecule has 0 bridgehead atoms. The van der Waals surface area contributed by atoms with Crippen LogP contribution in [0.3, 0.4) is 0 Å². The molecule has 198 valence electrons. The van der Waals surface area contributed by atoms with Crippen LogP contribution in [-0.2, 0) is 0 Å². The Morgan fingerprint density at radius 3 is 1.24 bits per heavy atom. The van der Waals surface area contributed by atoms with Gasteiger partial charge in [0, 0.05) is 21.9 Å². The van der Waals surface area contributed by atoms with E-state index in [2.05, 4.69) is 146 Å². The molecule has 0 saturated carbocycles.